The van der Waals surface area contributed by atoms with Crippen LogP contribution in [-0.2, 0) is 21.1 Å². The molecule has 28 heavy (non-hydrogen) atoms. The highest BCUT2D eigenvalue weighted by Crippen LogP contribution is 2.28. The summed E-state index contributed by atoms with van der Waals surface area (Å²) in [6.45, 7) is 4.38. The molecule has 0 aliphatic carbocycles. The van der Waals surface area contributed by atoms with Gasteiger partial charge in [-0.05, 0) is 55.2 Å². The Balaban J connectivity index is 1.55. The molecule has 0 unspecified atom stereocenters. The predicted octanol–water partition coefficient (Wildman–Crippen LogP) is 2.72. The number of nitrogens with zero attached hydrogens (tertiary/aromatic N) is 3. The van der Waals surface area contributed by atoms with Crippen LogP contribution in [0.25, 0.3) is 11.5 Å². The SMILES string of the molecule is Cc1ccc(-c2nnc(S(=O)(=O)CC(=O)N3CCc4ccccc43)o2)cc1C. The second-order valence-corrected chi connectivity index (χ2v) is 8.72. The fraction of sp³-hybridized carbons (Fsp3) is 0.250. The van der Waals surface area contributed by atoms with Crippen molar-refractivity contribution in [3.63, 3.8) is 0 Å². The second kappa shape index (κ2) is 6.87. The molecule has 8 heteroatoms. The summed E-state index contributed by atoms with van der Waals surface area (Å²) >= 11 is 0. The number of hydrogen-bond donors (Lipinski definition) is 0. The first-order valence-electron chi connectivity index (χ1n) is 8.87. The molecule has 1 aliphatic rings. The van der Waals surface area contributed by atoms with E-state index in [1.54, 1.807) is 6.07 Å². The van der Waals surface area contributed by atoms with Crippen molar-refractivity contribution in [2.24, 2.45) is 0 Å². The van der Waals surface area contributed by atoms with Gasteiger partial charge < -0.3 is 9.32 Å². The number of carbonyl (C=O) groups excluding carboxylic acids is 1. The van der Waals surface area contributed by atoms with E-state index in [2.05, 4.69) is 10.2 Å². The van der Waals surface area contributed by atoms with Gasteiger partial charge in [0.15, 0.2) is 0 Å². The van der Waals surface area contributed by atoms with Gasteiger partial charge in [-0.3, -0.25) is 4.79 Å². The van der Waals surface area contributed by atoms with Crippen LogP contribution in [0.15, 0.2) is 52.1 Å². The fourth-order valence-electron chi connectivity index (χ4n) is 3.23. The average molecular weight is 397 g/mol. The topological polar surface area (TPSA) is 93.4 Å². The first-order valence-corrected chi connectivity index (χ1v) is 10.5. The Morgan fingerprint density at radius 1 is 1.11 bits per heavy atom. The number of carbonyl (C=O) groups is 1. The summed E-state index contributed by atoms with van der Waals surface area (Å²) in [5.41, 5.74) is 4.56. The molecule has 1 amide bonds. The molecule has 0 saturated heterocycles. The summed E-state index contributed by atoms with van der Waals surface area (Å²) < 4.78 is 30.6. The molecule has 2 heterocycles. The van der Waals surface area contributed by atoms with Gasteiger partial charge in [0.2, 0.25) is 21.6 Å². The van der Waals surface area contributed by atoms with E-state index < -0.39 is 26.7 Å². The third kappa shape index (κ3) is 3.31. The number of amides is 1. The van der Waals surface area contributed by atoms with E-state index in [9.17, 15) is 13.2 Å². The standard InChI is InChI=1S/C20H19N3O4S/c1-13-7-8-16(11-14(13)2)19-21-22-20(27-19)28(25,26)12-18(24)23-10-9-15-5-3-4-6-17(15)23/h3-8,11H,9-10,12H2,1-2H3. The quantitative estimate of drug-likeness (QED) is 0.672. The number of aryl methyl sites for hydroxylation is 2. The average Bonchev–Trinajstić information content (AvgIpc) is 3.31. The Hall–Kier alpha value is -3.00. The third-order valence-electron chi connectivity index (χ3n) is 4.93. The number of para-hydroxylation sites is 1. The molecular weight excluding hydrogens is 378 g/mol. The number of rotatable bonds is 4. The summed E-state index contributed by atoms with van der Waals surface area (Å²) in [6.07, 6.45) is 0.708. The number of hydrogen-bond acceptors (Lipinski definition) is 6. The molecule has 7 nitrogen and oxygen atoms in total. The van der Waals surface area contributed by atoms with Crippen molar-refractivity contribution >= 4 is 21.4 Å². The molecule has 0 N–H and O–H groups in total. The lowest BCUT2D eigenvalue weighted by Gasteiger charge is -2.16. The van der Waals surface area contributed by atoms with Gasteiger partial charge in [-0.1, -0.05) is 29.4 Å². The van der Waals surface area contributed by atoms with Gasteiger partial charge >= 0.3 is 5.22 Å². The van der Waals surface area contributed by atoms with Crippen LogP contribution in [0.3, 0.4) is 0 Å². The Labute approximate surface area is 162 Å². The highest BCUT2D eigenvalue weighted by Gasteiger charge is 2.32. The van der Waals surface area contributed by atoms with E-state index in [1.165, 1.54) is 4.90 Å². The summed E-state index contributed by atoms with van der Waals surface area (Å²) in [6, 6.07) is 13.0. The molecule has 4 rings (SSSR count). The lowest BCUT2D eigenvalue weighted by molar-refractivity contribution is -0.116. The van der Waals surface area contributed by atoms with Gasteiger partial charge in [0.05, 0.1) is 0 Å². The number of sulfone groups is 1. The van der Waals surface area contributed by atoms with Gasteiger partial charge in [-0.2, -0.15) is 0 Å². The highest BCUT2D eigenvalue weighted by atomic mass is 32.2. The molecule has 1 aliphatic heterocycles. The Morgan fingerprint density at radius 2 is 1.89 bits per heavy atom. The molecule has 3 aromatic rings. The maximum atomic E-state index is 12.6. The summed E-state index contributed by atoms with van der Waals surface area (Å²) in [5, 5.41) is 6.97. The fourth-order valence-corrected chi connectivity index (χ4v) is 4.20. The van der Waals surface area contributed by atoms with Crippen molar-refractivity contribution in [1.29, 1.82) is 0 Å². The largest absolute Gasteiger partial charge is 0.408 e. The van der Waals surface area contributed by atoms with Gasteiger partial charge in [0.25, 0.3) is 0 Å². The number of fused-ring (bicyclic) bond motifs is 1. The zero-order valence-corrected chi connectivity index (χ0v) is 16.4. The van der Waals surface area contributed by atoms with Crippen molar-refractivity contribution < 1.29 is 17.6 Å². The number of aromatic nitrogens is 2. The van der Waals surface area contributed by atoms with Gasteiger partial charge in [0.1, 0.15) is 5.75 Å². The van der Waals surface area contributed by atoms with Crippen LogP contribution in [0.1, 0.15) is 16.7 Å². The van der Waals surface area contributed by atoms with E-state index in [0.29, 0.717) is 18.5 Å². The van der Waals surface area contributed by atoms with Crippen LogP contribution in [0, 0.1) is 13.8 Å². The molecule has 0 atom stereocenters. The second-order valence-electron chi connectivity index (χ2n) is 6.86. The molecule has 0 bridgehead atoms. The van der Waals surface area contributed by atoms with Gasteiger partial charge in [0, 0.05) is 17.8 Å². The lowest BCUT2D eigenvalue weighted by Crippen LogP contribution is -2.34. The van der Waals surface area contributed by atoms with Crippen LogP contribution in [0.5, 0.6) is 0 Å². The third-order valence-corrected chi connectivity index (χ3v) is 6.25. The van der Waals surface area contributed by atoms with Crippen LogP contribution >= 0.6 is 0 Å². The highest BCUT2D eigenvalue weighted by molar-refractivity contribution is 7.91. The molecule has 2 aromatic carbocycles. The van der Waals surface area contributed by atoms with E-state index >= 15 is 0 Å². The molecule has 0 spiro atoms. The van der Waals surface area contributed by atoms with E-state index in [4.69, 9.17) is 4.42 Å². The zero-order chi connectivity index (χ0) is 19.9. The van der Waals surface area contributed by atoms with Crippen LogP contribution in [-0.4, -0.2) is 36.8 Å². The summed E-state index contributed by atoms with van der Waals surface area (Å²) in [5.74, 6) is -1.10. The Morgan fingerprint density at radius 3 is 2.68 bits per heavy atom. The first kappa shape index (κ1) is 18.4. The minimum atomic E-state index is -4.04. The maximum Gasteiger partial charge on any atom is 0.336 e. The smallest absolute Gasteiger partial charge is 0.336 e. The summed E-state index contributed by atoms with van der Waals surface area (Å²) in [4.78, 5) is 14.1. The first-order chi connectivity index (χ1) is 13.3. The Kier molecular flexibility index (Phi) is 4.50. The molecule has 0 fully saturated rings. The van der Waals surface area contributed by atoms with Crippen molar-refractivity contribution in [2.45, 2.75) is 25.5 Å². The predicted molar refractivity (Wildman–Crippen MR) is 104 cm³/mol. The molecule has 144 valence electrons. The van der Waals surface area contributed by atoms with Crippen LogP contribution in [0.2, 0.25) is 0 Å². The van der Waals surface area contributed by atoms with Crippen molar-refractivity contribution in [3.8, 4) is 11.5 Å². The van der Waals surface area contributed by atoms with Crippen LogP contribution in [0.4, 0.5) is 5.69 Å². The van der Waals surface area contributed by atoms with Crippen molar-refractivity contribution in [2.75, 3.05) is 17.2 Å². The zero-order valence-electron chi connectivity index (χ0n) is 15.5. The summed E-state index contributed by atoms with van der Waals surface area (Å²) in [7, 11) is -4.04. The molecule has 0 saturated carbocycles. The van der Waals surface area contributed by atoms with Crippen molar-refractivity contribution in [1.82, 2.24) is 10.2 Å². The number of benzene rings is 2. The molecule has 1 aromatic heterocycles. The van der Waals surface area contributed by atoms with Crippen LogP contribution < -0.4 is 4.90 Å². The normalized spacial score (nSPS) is 13.6. The minimum Gasteiger partial charge on any atom is -0.408 e. The van der Waals surface area contributed by atoms with E-state index in [1.807, 2.05) is 50.2 Å². The van der Waals surface area contributed by atoms with Crippen molar-refractivity contribution in [3.05, 3.63) is 59.2 Å². The monoisotopic (exact) mass is 397 g/mol. The minimum absolute atomic E-state index is 0.112. The maximum absolute atomic E-state index is 12.6. The lowest BCUT2D eigenvalue weighted by atomic mass is 10.1. The molecular formula is C20H19N3O4S. The number of anilines is 1. The van der Waals surface area contributed by atoms with Gasteiger partial charge in [-0.15, -0.1) is 5.10 Å². The van der Waals surface area contributed by atoms with E-state index in [-0.39, 0.29) is 5.89 Å². The Bertz CT molecular complexity index is 1170. The van der Waals surface area contributed by atoms with E-state index in [0.717, 1.165) is 22.4 Å². The molecule has 0 radical (unpaired) electrons. The van der Waals surface area contributed by atoms with Gasteiger partial charge in [-0.25, -0.2) is 8.42 Å².